The van der Waals surface area contributed by atoms with E-state index in [0.29, 0.717) is 0 Å². The highest BCUT2D eigenvalue weighted by atomic mass is 32.1. The highest BCUT2D eigenvalue weighted by Crippen LogP contribution is 2.45. The summed E-state index contributed by atoms with van der Waals surface area (Å²) in [5.74, 6) is -0.233. The molecule has 0 aliphatic carbocycles. The van der Waals surface area contributed by atoms with Crippen LogP contribution in [0, 0.1) is 5.82 Å². The van der Waals surface area contributed by atoms with Crippen LogP contribution in [0.4, 0.5) is 21.5 Å². The Labute approximate surface area is 234 Å². The predicted octanol–water partition coefficient (Wildman–Crippen LogP) is 11.2. The highest BCUT2D eigenvalue weighted by Gasteiger charge is 2.20. The number of fused-ring (bicyclic) bond motifs is 6. The topological polar surface area (TPSA) is 16.4 Å². The third-order valence-corrected chi connectivity index (χ3v) is 8.68. The van der Waals surface area contributed by atoms with Gasteiger partial charge in [0.05, 0.1) is 11.1 Å². The van der Waals surface area contributed by atoms with E-state index in [9.17, 15) is 4.39 Å². The fourth-order valence-corrected chi connectivity index (χ4v) is 6.81. The van der Waals surface area contributed by atoms with Crippen LogP contribution in [-0.2, 0) is 0 Å². The molecule has 0 saturated heterocycles. The van der Waals surface area contributed by atoms with Crippen molar-refractivity contribution in [2.24, 2.45) is 0 Å². The van der Waals surface area contributed by atoms with Crippen LogP contribution in [0.3, 0.4) is 0 Å². The summed E-state index contributed by atoms with van der Waals surface area (Å²) in [6.45, 7) is 0. The predicted molar refractivity (Wildman–Crippen MR) is 167 cm³/mol. The molecular weight excluding hydrogens is 513 g/mol. The number of nitrogens with zero attached hydrogens (tertiary/aromatic N) is 1. The molecule has 0 saturated carbocycles. The van der Waals surface area contributed by atoms with Crippen LogP contribution in [-0.4, -0.2) is 0 Å². The molecule has 2 nitrogen and oxygen atoms in total. The average molecular weight is 536 g/mol. The van der Waals surface area contributed by atoms with Crippen LogP contribution in [0.25, 0.3) is 53.2 Å². The maximum atomic E-state index is 13.5. The van der Waals surface area contributed by atoms with Gasteiger partial charge in [0, 0.05) is 36.9 Å². The zero-order valence-electron chi connectivity index (χ0n) is 21.3. The van der Waals surface area contributed by atoms with E-state index in [2.05, 4.69) is 95.9 Å². The first-order chi connectivity index (χ1) is 19.7. The molecule has 0 aliphatic heterocycles. The molecule has 2 heterocycles. The molecule has 2 aromatic heterocycles. The first kappa shape index (κ1) is 23.0. The first-order valence-corrected chi connectivity index (χ1v) is 14.0. The van der Waals surface area contributed by atoms with Gasteiger partial charge in [-0.15, -0.1) is 11.3 Å². The molecule has 0 radical (unpaired) electrons. The SMILES string of the molecule is Fc1ccc(-c2ccc(N(c3ccc4c(c3)sc3ccccc34)c3cccc4oc5ccccc5c34)cc2)cc1. The molecular formula is C36H22FNOS. The Balaban J connectivity index is 1.35. The summed E-state index contributed by atoms with van der Waals surface area (Å²) < 4.78 is 22.3. The minimum Gasteiger partial charge on any atom is -0.456 e. The Morgan fingerprint density at radius 2 is 1.18 bits per heavy atom. The van der Waals surface area contributed by atoms with E-state index in [1.807, 2.05) is 41.7 Å². The summed E-state index contributed by atoms with van der Waals surface area (Å²) in [4.78, 5) is 2.31. The molecule has 4 heteroatoms. The second-order valence-corrected chi connectivity index (χ2v) is 11.0. The smallest absolute Gasteiger partial charge is 0.137 e. The molecule has 0 fully saturated rings. The summed E-state index contributed by atoms with van der Waals surface area (Å²) in [5, 5.41) is 4.72. The lowest BCUT2D eigenvalue weighted by Crippen LogP contribution is -2.10. The molecule has 8 aromatic rings. The van der Waals surface area contributed by atoms with E-state index in [4.69, 9.17) is 4.42 Å². The number of thiophene rings is 1. The summed E-state index contributed by atoms with van der Waals surface area (Å²) in [5.41, 5.74) is 6.91. The van der Waals surface area contributed by atoms with Crippen LogP contribution < -0.4 is 4.90 Å². The highest BCUT2D eigenvalue weighted by molar-refractivity contribution is 7.25. The number of furan rings is 1. The van der Waals surface area contributed by atoms with Crippen LogP contribution in [0.5, 0.6) is 0 Å². The molecule has 8 rings (SSSR count). The van der Waals surface area contributed by atoms with Crippen molar-refractivity contribution in [1.82, 2.24) is 0 Å². The van der Waals surface area contributed by atoms with Crippen LogP contribution in [0.1, 0.15) is 0 Å². The maximum Gasteiger partial charge on any atom is 0.137 e. The number of hydrogen-bond donors (Lipinski definition) is 0. The summed E-state index contributed by atoms with van der Waals surface area (Å²) in [6, 6.07) is 44.8. The second-order valence-electron chi connectivity index (χ2n) is 9.92. The summed E-state index contributed by atoms with van der Waals surface area (Å²) in [7, 11) is 0. The fraction of sp³-hybridized carbons (Fsp3) is 0. The Morgan fingerprint density at radius 1 is 0.525 bits per heavy atom. The van der Waals surface area contributed by atoms with Crippen LogP contribution in [0.15, 0.2) is 138 Å². The van der Waals surface area contributed by atoms with Crippen molar-refractivity contribution in [3.05, 3.63) is 139 Å². The quantitative estimate of drug-likeness (QED) is 0.223. The zero-order valence-corrected chi connectivity index (χ0v) is 22.2. The van der Waals surface area contributed by atoms with Gasteiger partial charge in [0.1, 0.15) is 17.0 Å². The lowest BCUT2D eigenvalue weighted by molar-refractivity contribution is 0.628. The molecule has 0 spiro atoms. The number of benzene rings is 6. The van der Waals surface area contributed by atoms with Gasteiger partial charge in [-0.25, -0.2) is 4.39 Å². The van der Waals surface area contributed by atoms with Gasteiger partial charge >= 0.3 is 0 Å². The normalized spacial score (nSPS) is 11.6. The van der Waals surface area contributed by atoms with E-state index in [0.717, 1.165) is 50.1 Å². The maximum absolute atomic E-state index is 13.5. The molecule has 0 atom stereocenters. The molecule has 40 heavy (non-hydrogen) atoms. The molecule has 0 bridgehead atoms. The molecule has 0 aliphatic rings. The first-order valence-electron chi connectivity index (χ1n) is 13.2. The van der Waals surface area contributed by atoms with Gasteiger partial charge in [-0.2, -0.15) is 0 Å². The number of rotatable bonds is 4. The van der Waals surface area contributed by atoms with Gasteiger partial charge in [-0.05, 0) is 71.8 Å². The summed E-state index contributed by atoms with van der Waals surface area (Å²) in [6.07, 6.45) is 0. The lowest BCUT2D eigenvalue weighted by Gasteiger charge is -2.26. The minimum absolute atomic E-state index is 0.233. The fourth-order valence-electron chi connectivity index (χ4n) is 5.67. The van der Waals surface area contributed by atoms with E-state index in [1.165, 1.54) is 32.3 Å². The van der Waals surface area contributed by atoms with Crippen molar-refractivity contribution in [3.63, 3.8) is 0 Å². The third kappa shape index (κ3) is 3.69. The van der Waals surface area contributed by atoms with Crippen molar-refractivity contribution >= 4 is 70.5 Å². The number of halogens is 1. The number of hydrogen-bond acceptors (Lipinski definition) is 3. The molecule has 190 valence electrons. The molecule has 6 aromatic carbocycles. The van der Waals surface area contributed by atoms with Gasteiger partial charge in [0.25, 0.3) is 0 Å². The Bertz CT molecular complexity index is 2170. The van der Waals surface area contributed by atoms with Gasteiger partial charge in [-0.3, -0.25) is 0 Å². The molecule has 0 N–H and O–H groups in total. The second kappa shape index (κ2) is 9.08. The van der Waals surface area contributed by atoms with Crippen molar-refractivity contribution < 1.29 is 8.81 Å². The van der Waals surface area contributed by atoms with Crippen LogP contribution in [0.2, 0.25) is 0 Å². The number of para-hydroxylation sites is 1. The minimum atomic E-state index is -0.233. The van der Waals surface area contributed by atoms with Gasteiger partial charge < -0.3 is 9.32 Å². The monoisotopic (exact) mass is 535 g/mol. The number of anilines is 3. The third-order valence-electron chi connectivity index (χ3n) is 7.55. The van der Waals surface area contributed by atoms with Gasteiger partial charge in [-0.1, -0.05) is 72.8 Å². The summed E-state index contributed by atoms with van der Waals surface area (Å²) >= 11 is 1.82. The van der Waals surface area contributed by atoms with E-state index in [-0.39, 0.29) is 5.82 Å². The van der Waals surface area contributed by atoms with Crippen LogP contribution >= 0.6 is 11.3 Å². The van der Waals surface area contributed by atoms with Crippen molar-refractivity contribution in [3.8, 4) is 11.1 Å². The molecule has 0 unspecified atom stereocenters. The Morgan fingerprint density at radius 3 is 2.00 bits per heavy atom. The average Bonchev–Trinajstić information content (AvgIpc) is 3.56. The van der Waals surface area contributed by atoms with Crippen molar-refractivity contribution in [1.29, 1.82) is 0 Å². The molecule has 0 amide bonds. The van der Waals surface area contributed by atoms with Crippen molar-refractivity contribution in [2.45, 2.75) is 0 Å². The Kier molecular flexibility index (Phi) is 5.22. The largest absolute Gasteiger partial charge is 0.456 e. The van der Waals surface area contributed by atoms with E-state index >= 15 is 0 Å². The van der Waals surface area contributed by atoms with E-state index < -0.39 is 0 Å². The van der Waals surface area contributed by atoms with E-state index in [1.54, 1.807) is 0 Å². The lowest BCUT2D eigenvalue weighted by atomic mass is 10.0. The standard InChI is InChI=1S/C36H22FNOS/c37-25-16-12-23(13-17-25)24-14-18-26(19-15-24)38(27-20-21-29-28-6-2-4-11-34(28)40-35(29)22-27)31-8-5-10-33-36(31)30-7-1-3-9-32(30)39-33/h1-22H. The van der Waals surface area contributed by atoms with Gasteiger partial charge in [0.2, 0.25) is 0 Å². The zero-order chi connectivity index (χ0) is 26.6. The van der Waals surface area contributed by atoms with Crippen molar-refractivity contribution in [2.75, 3.05) is 4.90 Å². The van der Waals surface area contributed by atoms with Gasteiger partial charge in [0.15, 0.2) is 0 Å². The Hall–Kier alpha value is -4.93.